The first-order valence-corrected chi connectivity index (χ1v) is 11.7. The predicted octanol–water partition coefficient (Wildman–Crippen LogP) is 6.28. The van der Waals surface area contributed by atoms with Gasteiger partial charge in [-0.2, -0.15) is 5.11 Å². The summed E-state index contributed by atoms with van der Waals surface area (Å²) in [5, 5.41) is 11.0. The average Bonchev–Trinajstić information content (AvgIpc) is 3.28. The maximum Gasteiger partial charge on any atom is 0.186 e. The Morgan fingerprint density at radius 3 is 1.94 bits per heavy atom. The molecule has 0 saturated carbocycles. The molecule has 34 heavy (non-hydrogen) atoms. The number of carbonyl (C=O) groups excluding carboxylic acids is 1. The molecule has 0 aliphatic carbocycles. The fourth-order valence-corrected chi connectivity index (χ4v) is 4.39. The molecule has 5 nitrogen and oxygen atoms in total. The molecule has 0 amide bonds. The minimum atomic E-state index is -0.876. The van der Waals surface area contributed by atoms with Gasteiger partial charge >= 0.3 is 0 Å². The monoisotopic (exact) mass is 450 g/mol. The van der Waals surface area contributed by atoms with Crippen molar-refractivity contribution in [2.24, 2.45) is 10.3 Å². The van der Waals surface area contributed by atoms with E-state index in [0.29, 0.717) is 0 Å². The largest absolute Gasteiger partial charge is 0.292 e. The van der Waals surface area contributed by atoms with Gasteiger partial charge in [0.1, 0.15) is 0 Å². The molecule has 0 bridgehead atoms. The summed E-state index contributed by atoms with van der Waals surface area (Å²) in [6.07, 6.45) is 7.62. The molecule has 4 rings (SSSR count). The predicted molar refractivity (Wildman–Crippen MR) is 139 cm³/mol. The van der Waals surface area contributed by atoms with Crippen LogP contribution in [-0.2, 0) is 4.79 Å². The second kappa shape index (κ2) is 10.9. The fourth-order valence-electron chi connectivity index (χ4n) is 4.39. The molecule has 0 spiro atoms. The molecule has 0 N–H and O–H groups in total. The minimum absolute atomic E-state index is 0.0874. The molecule has 2 unspecified atom stereocenters. The van der Waals surface area contributed by atoms with Crippen molar-refractivity contribution < 1.29 is 4.79 Å². The van der Waals surface area contributed by atoms with Gasteiger partial charge in [0.2, 0.25) is 0 Å². The van der Waals surface area contributed by atoms with Crippen LogP contribution >= 0.6 is 0 Å². The van der Waals surface area contributed by atoms with E-state index in [1.807, 2.05) is 89.9 Å². The summed E-state index contributed by atoms with van der Waals surface area (Å²) < 4.78 is 0. The van der Waals surface area contributed by atoms with Crippen molar-refractivity contribution in [3.8, 4) is 0 Å². The SMILES string of the molecule is CCN(CC)C1(/C=C/c2ccccc2)C(C(=O)/C=C/c2ccccc2)N=NN1c1ccccc1. The summed E-state index contributed by atoms with van der Waals surface area (Å²) in [5.74, 6) is -0.0874. The van der Waals surface area contributed by atoms with Gasteiger partial charge in [0.25, 0.3) is 0 Å². The van der Waals surface area contributed by atoms with E-state index in [4.69, 9.17) is 0 Å². The molecular formula is C29H30N4O. The molecule has 1 heterocycles. The molecular weight excluding hydrogens is 420 g/mol. The molecule has 3 aromatic rings. The second-order valence-electron chi connectivity index (χ2n) is 8.10. The maximum absolute atomic E-state index is 13.6. The van der Waals surface area contributed by atoms with E-state index in [2.05, 4.69) is 53.4 Å². The smallest absolute Gasteiger partial charge is 0.186 e. The zero-order chi connectivity index (χ0) is 23.8. The van der Waals surface area contributed by atoms with Crippen molar-refractivity contribution in [1.29, 1.82) is 0 Å². The average molecular weight is 451 g/mol. The highest BCUT2D eigenvalue weighted by atomic mass is 16.1. The Morgan fingerprint density at radius 2 is 1.38 bits per heavy atom. The van der Waals surface area contributed by atoms with Crippen LogP contribution in [0.25, 0.3) is 12.2 Å². The van der Waals surface area contributed by atoms with Gasteiger partial charge in [-0.1, -0.05) is 110 Å². The first-order valence-electron chi connectivity index (χ1n) is 11.7. The van der Waals surface area contributed by atoms with Crippen LogP contribution in [0.4, 0.5) is 5.69 Å². The van der Waals surface area contributed by atoms with E-state index in [9.17, 15) is 4.79 Å². The van der Waals surface area contributed by atoms with Gasteiger partial charge in [0.05, 0.1) is 5.69 Å². The van der Waals surface area contributed by atoms with E-state index < -0.39 is 11.7 Å². The molecule has 0 aromatic heterocycles. The van der Waals surface area contributed by atoms with Crippen molar-refractivity contribution in [2.75, 3.05) is 18.1 Å². The van der Waals surface area contributed by atoms with Crippen molar-refractivity contribution in [3.63, 3.8) is 0 Å². The van der Waals surface area contributed by atoms with Crippen molar-refractivity contribution in [1.82, 2.24) is 4.90 Å². The number of rotatable bonds is 9. The Hall–Kier alpha value is -3.83. The Labute approximate surface area is 201 Å². The van der Waals surface area contributed by atoms with Crippen molar-refractivity contribution in [3.05, 3.63) is 114 Å². The third-order valence-electron chi connectivity index (χ3n) is 6.10. The lowest BCUT2D eigenvalue weighted by Crippen LogP contribution is -2.63. The van der Waals surface area contributed by atoms with Gasteiger partial charge < -0.3 is 0 Å². The molecule has 0 saturated heterocycles. The lowest BCUT2D eigenvalue weighted by Gasteiger charge is -2.44. The summed E-state index contributed by atoms with van der Waals surface area (Å²) in [5.41, 5.74) is 2.04. The molecule has 0 radical (unpaired) electrons. The Balaban J connectivity index is 1.81. The zero-order valence-electron chi connectivity index (χ0n) is 19.7. The van der Waals surface area contributed by atoms with Gasteiger partial charge in [-0.3, -0.25) is 9.69 Å². The number of hydrogen-bond acceptors (Lipinski definition) is 5. The van der Waals surface area contributed by atoms with Crippen molar-refractivity contribution >= 4 is 23.6 Å². The number of anilines is 1. The molecule has 0 fully saturated rings. The normalized spacial score (nSPS) is 20.1. The molecule has 1 aliphatic rings. The first kappa shape index (κ1) is 23.3. The van der Waals surface area contributed by atoms with Crippen LogP contribution in [0.1, 0.15) is 25.0 Å². The number of hydrogen-bond donors (Lipinski definition) is 0. The Morgan fingerprint density at radius 1 is 0.853 bits per heavy atom. The van der Waals surface area contributed by atoms with Gasteiger partial charge in [0, 0.05) is 0 Å². The van der Waals surface area contributed by atoms with E-state index >= 15 is 0 Å². The van der Waals surface area contributed by atoms with Crippen molar-refractivity contribution in [2.45, 2.75) is 25.6 Å². The lowest BCUT2D eigenvalue weighted by atomic mass is 9.91. The highest BCUT2D eigenvalue weighted by Crippen LogP contribution is 2.39. The number of nitrogens with zero attached hydrogens (tertiary/aromatic N) is 4. The number of ketones is 1. The third kappa shape index (κ3) is 4.75. The highest BCUT2D eigenvalue weighted by Gasteiger charge is 2.53. The molecule has 2 atom stereocenters. The summed E-state index contributed by atoms with van der Waals surface area (Å²) >= 11 is 0. The van der Waals surface area contributed by atoms with Crippen LogP contribution in [0, 0.1) is 0 Å². The van der Waals surface area contributed by atoms with Crippen LogP contribution in [-0.4, -0.2) is 35.5 Å². The first-order chi connectivity index (χ1) is 16.7. The number of carbonyl (C=O) groups is 1. The van der Waals surface area contributed by atoms with Crippen LogP contribution < -0.4 is 5.01 Å². The van der Waals surface area contributed by atoms with Crippen LogP contribution in [0.3, 0.4) is 0 Å². The second-order valence-corrected chi connectivity index (χ2v) is 8.10. The van der Waals surface area contributed by atoms with Gasteiger partial charge in [-0.15, -0.1) is 0 Å². The zero-order valence-corrected chi connectivity index (χ0v) is 19.7. The number of likely N-dealkylation sites (N-methyl/N-ethyl adjacent to an activating group) is 1. The lowest BCUT2D eigenvalue weighted by molar-refractivity contribution is -0.117. The van der Waals surface area contributed by atoms with E-state index in [0.717, 1.165) is 29.9 Å². The highest BCUT2D eigenvalue weighted by molar-refractivity contribution is 5.99. The maximum atomic E-state index is 13.6. The van der Waals surface area contributed by atoms with Gasteiger partial charge in [-0.25, -0.2) is 5.01 Å². The Bertz CT molecular complexity index is 1150. The summed E-state index contributed by atoms with van der Waals surface area (Å²) in [6.45, 7) is 5.67. The quantitative estimate of drug-likeness (QED) is 0.361. The standard InChI is InChI=1S/C29H30N4O/c1-3-32(4-2)29(23-22-25-16-10-6-11-17-25)28(27(34)21-20-24-14-8-5-9-15-24)30-31-33(29)26-18-12-7-13-19-26/h5-23,28H,3-4H2,1-2H3/b21-20+,23-22+. The van der Waals surface area contributed by atoms with E-state index in [1.165, 1.54) is 0 Å². The van der Waals surface area contributed by atoms with Gasteiger partial charge in [-0.05, 0) is 48.5 Å². The molecule has 1 aliphatic heterocycles. The number of para-hydroxylation sites is 1. The minimum Gasteiger partial charge on any atom is -0.292 e. The molecule has 3 aromatic carbocycles. The summed E-state index contributed by atoms with van der Waals surface area (Å²) in [4.78, 5) is 15.9. The topological polar surface area (TPSA) is 48.3 Å². The Kier molecular flexibility index (Phi) is 7.45. The summed E-state index contributed by atoms with van der Waals surface area (Å²) in [6, 6.07) is 29.1. The van der Waals surface area contributed by atoms with Crippen LogP contribution in [0.5, 0.6) is 0 Å². The van der Waals surface area contributed by atoms with Gasteiger partial charge in [0.15, 0.2) is 17.5 Å². The molecule has 172 valence electrons. The van der Waals surface area contributed by atoms with Crippen LogP contribution in [0.15, 0.2) is 113 Å². The van der Waals surface area contributed by atoms with E-state index in [-0.39, 0.29) is 5.78 Å². The van der Waals surface area contributed by atoms with E-state index in [1.54, 1.807) is 6.08 Å². The third-order valence-corrected chi connectivity index (χ3v) is 6.10. The number of benzene rings is 3. The summed E-state index contributed by atoms with van der Waals surface area (Å²) in [7, 11) is 0. The fraction of sp³-hybridized carbons (Fsp3) is 0.207. The molecule has 5 heteroatoms. The van der Waals surface area contributed by atoms with Crippen LogP contribution in [0.2, 0.25) is 0 Å².